The van der Waals surface area contributed by atoms with E-state index < -0.39 is 12.3 Å². The first-order valence-corrected chi connectivity index (χ1v) is 9.52. The third-order valence-corrected chi connectivity index (χ3v) is 5.38. The zero-order valence-corrected chi connectivity index (χ0v) is 16.8. The number of nitrogens with zero attached hydrogens (tertiary/aromatic N) is 2. The minimum atomic E-state index is -0.817. The molecule has 140 valence electrons. The quantitative estimate of drug-likeness (QED) is 0.344. The van der Waals surface area contributed by atoms with Gasteiger partial charge in [-0.25, -0.2) is 4.90 Å². The molecule has 1 saturated heterocycles. The van der Waals surface area contributed by atoms with Crippen molar-refractivity contribution in [1.82, 2.24) is 4.90 Å². The van der Waals surface area contributed by atoms with Crippen molar-refractivity contribution >= 4 is 46.0 Å². The van der Waals surface area contributed by atoms with Crippen LogP contribution in [0.25, 0.3) is 0 Å². The summed E-state index contributed by atoms with van der Waals surface area (Å²) in [7, 11) is 2.96. The SMILES string of the molecule is COC(CN(C(=O)C1CC1)C1CC(=O)N(c2ccc(I)cc2)C1=O)OC. The smallest absolute Gasteiger partial charge is 0.257 e. The Balaban J connectivity index is 1.84. The molecule has 2 aliphatic rings. The molecule has 0 N–H and O–H groups in total. The molecule has 1 aliphatic carbocycles. The van der Waals surface area contributed by atoms with Crippen LogP contribution >= 0.6 is 22.6 Å². The third-order valence-electron chi connectivity index (χ3n) is 4.67. The van der Waals surface area contributed by atoms with Gasteiger partial charge in [-0.15, -0.1) is 0 Å². The topological polar surface area (TPSA) is 76.2 Å². The number of anilines is 1. The Hall–Kier alpha value is -1.52. The van der Waals surface area contributed by atoms with Crippen LogP contribution in [-0.4, -0.2) is 55.7 Å². The molecule has 26 heavy (non-hydrogen) atoms. The van der Waals surface area contributed by atoms with Crippen molar-refractivity contribution < 1.29 is 23.9 Å². The molecule has 7 nitrogen and oxygen atoms in total. The lowest BCUT2D eigenvalue weighted by Gasteiger charge is -2.30. The third kappa shape index (κ3) is 3.91. The molecule has 1 aromatic carbocycles. The lowest BCUT2D eigenvalue weighted by molar-refractivity contribution is -0.153. The molecule has 3 amide bonds. The van der Waals surface area contributed by atoms with Crippen LogP contribution < -0.4 is 4.90 Å². The maximum absolute atomic E-state index is 13.0. The summed E-state index contributed by atoms with van der Waals surface area (Å²) in [4.78, 5) is 40.9. The summed E-state index contributed by atoms with van der Waals surface area (Å²) in [5.41, 5.74) is 0.525. The van der Waals surface area contributed by atoms with Gasteiger partial charge in [0.15, 0.2) is 6.29 Å². The van der Waals surface area contributed by atoms with Crippen molar-refractivity contribution in [2.75, 3.05) is 25.7 Å². The number of halogens is 1. The van der Waals surface area contributed by atoms with Gasteiger partial charge in [0.25, 0.3) is 5.91 Å². The number of imide groups is 1. The molecular formula is C18H21IN2O5. The van der Waals surface area contributed by atoms with Crippen molar-refractivity contribution in [3.05, 3.63) is 27.8 Å². The fourth-order valence-electron chi connectivity index (χ4n) is 3.06. The van der Waals surface area contributed by atoms with Crippen LogP contribution in [0, 0.1) is 9.49 Å². The Kier molecular flexibility index (Phi) is 5.93. The van der Waals surface area contributed by atoms with E-state index in [4.69, 9.17) is 9.47 Å². The van der Waals surface area contributed by atoms with Crippen molar-refractivity contribution in [3.8, 4) is 0 Å². The Morgan fingerprint density at radius 3 is 2.38 bits per heavy atom. The summed E-state index contributed by atoms with van der Waals surface area (Å²) in [5.74, 6) is -0.864. The summed E-state index contributed by atoms with van der Waals surface area (Å²) >= 11 is 2.16. The molecule has 0 spiro atoms. The van der Waals surface area contributed by atoms with Gasteiger partial charge in [0.1, 0.15) is 6.04 Å². The average Bonchev–Trinajstić information content (AvgIpc) is 3.43. The van der Waals surface area contributed by atoms with E-state index >= 15 is 0 Å². The highest BCUT2D eigenvalue weighted by molar-refractivity contribution is 14.1. The van der Waals surface area contributed by atoms with Crippen LogP contribution in [0.2, 0.25) is 0 Å². The van der Waals surface area contributed by atoms with Gasteiger partial charge in [-0.3, -0.25) is 14.4 Å². The van der Waals surface area contributed by atoms with Gasteiger partial charge in [0, 0.05) is 23.7 Å². The van der Waals surface area contributed by atoms with Crippen LogP contribution in [0.5, 0.6) is 0 Å². The summed E-state index contributed by atoms with van der Waals surface area (Å²) in [5, 5.41) is 0. The first-order chi connectivity index (χ1) is 12.5. The molecule has 0 radical (unpaired) electrons. The van der Waals surface area contributed by atoms with Gasteiger partial charge in [-0.1, -0.05) is 0 Å². The van der Waals surface area contributed by atoms with E-state index in [2.05, 4.69) is 22.6 Å². The standard InChI is InChI=1S/C18H21IN2O5/c1-25-16(26-2)10-20(17(23)11-3-4-11)14-9-15(22)21(18(14)24)13-7-5-12(19)6-8-13/h5-8,11,14,16H,3-4,9-10H2,1-2H3. The van der Waals surface area contributed by atoms with Gasteiger partial charge < -0.3 is 14.4 Å². The predicted molar refractivity (Wildman–Crippen MR) is 102 cm³/mol. The number of carbonyl (C=O) groups is 3. The van der Waals surface area contributed by atoms with E-state index in [0.29, 0.717) is 5.69 Å². The summed E-state index contributed by atoms with van der Waals surface area (Å²) in [6, 6.07) is 6.33. The first-order valence-electron chi connectivity index (χ1n) is 8.44. The minimum Gasteiger partial charge on any atom is -0.354 e. The zero-order valence-electron chi connectivity index (χ0n) is 14.7. The van der Waals surface area contributed by atoms with Crippen LogP contribution in [0.1, 0.15) is 19.3 Å². The molecule has 1 aromatic rings. The number of carbonyl (C=O) groups excluding carboxylic acids is 3. The van der Waals surface area contributed by atoms with Gasteiger partial charge in [-0.2, -0.15) is 0 Å². The van der Waals surface area contributed by atoms with Crippen LogP contribution in [0.4, 0.5) is 5.69 Å². The molecule has 1 unspecified atom stereocenters. The van der Waals surface area contributed by atoms with E-state index in [1.807, 2.05) is 12.1 Å². The monoisotopic (exact) mass is 472 g/mol. The second kappa shape index (κ2) is 8.01. The van der Waals surface area contributed by atoms with Crippen LogP contribution in [0.15, 0.2) is 24.3 Å². The molecule has 2 fully saturated rings. The largest absolute Gasteiger partial charge is 0.354 e. The molecule has 1 aliphatic heterocycles. The number of methoxy groups -OCH3 is 2. The minimum absolute atomic E-state index is 0.0244. The highest BCUT2D eigenvalue weighted by atomic mass is 127. The number of benzene rings is 1. The molecule has 8 heteroatoms. The van der Waals surface area contributed by atoms with Crippen molar-refractivity contribution in [2.45, 2.75) is 31.6 Å². The highest BCUT2D eigenvalue weighted by Gasteiger charge is 2.47. The molecule has 3 rings (SSSR count). The van der Waals surface area contributed by atoms with Gasteiger partial charge in [0.2, 0.25) is 11.8 Å². The van der Waals surface area contributed by atoms with Gasteiger partial charge in [0.05, 0.1) is 18.7 Å². The first kappa shape index (κ1) is 19.2. The lowest BCUT2D eigenvalue weighted by atomic mass is 10.1. The summed E-state index contributed by atoms with van der Waals surface area (Å²) in [6.45, 7) is 0.118. The highest BCUT2D eigenvalue weighted by Crippen LogP contribution is 2.34. The number of rotatable bonds is 7. The molecule has 0 bridgehead atoms. The van der Waals surface area contributed by atoms with E-state index in [1.54, 1.807) is 12.1 Å². The molecule has 1 atom stereocenters. The summed E-state index contributed by atoms with van der Waals surface area (Å²) in [6.07, 6.45) is 0.960. The maximum Gasteiger partial charge on any atom is 0.257 e. The predicted octanol–water partition coefficient (Wildman–Crippen LogP) is 1.78. The Morgan fingerprint density at radius 1 is 1.23 bits per heavy atom. The molecule has 0 aromatic heterocycles. The van der Waals surface area contributed by atoms with Crippen molar-refractivity contribution in [1.29, 1.82) is 0 Å². The van der Waals surface area contributed by atoms with Crippen molar-refractivity contribution in [2.24, 2.45) is 5.92 Å². The second-order valence-electron chi connectivity index (χ2n) is 6.43. The fraction of sp³-hybridized carbons (Fsp3) is 0.500. The number of amides is 3. The Labute approximate surface area is 165 Å². The number of hydrogen-bond acceptors (Lipinski definition) is 5. The number of hydrogen-bond donors (Lipinski definition) is 0. The van der Waals surface area contributed by atoms with E-state index in [-0.39, 0.29) is 36.6 Å². The van der Waals surface area contributed by atoms with E-state index in [9.17, 15) is 14.4 Å². The number of ether oxygens (including phenoxy) is 2. The van der Waals surface area contributed by atoms with Gasteiger partial charge >= 0.3 is 0 Å². The average molecular weight is 472 g/mol. The summed E-state index contributed by atoms with van der Waals surface area (Å²) < 4.78 is 11.4. The maximum atomic E-state index is 13.0. The van der Waals surface area contributed by atoms with E-state index in [0.717, 1.165) is 16.4 Å². The van der Waals surface area contributed by atoms with Gasteiger partial charge in [-0.05, 0) is 59.7 Å². The second-order valence-corrected chi connectivity index (χ2v) is 7.68. The lowest BCUT2D eigenvalue weighted by Crippen LogP contribution is -2.49. The Bertz CT molecular complexity index is 700. The zero-order chi connectivity index (χ0) is 18.8. The van der Waals surface area contributed by atoms with Crippen LogP contribution in [0.3, 0.4) is 0 Å². The van der Waals surface area contributed by atoms with E-state index in [1.165, 1.54) is 24.0 Å². The van der Waals surface area contributed by atoms with Crippen molar-refractivity contribution in [3.63, 3.8) is 0 Å². The Morgan fingerprint density at radius 2 is 1.85 bits per heavy atom. The molecule has 1 saturated carbocycles. The normalized spacial score (nSPS) is 20.2. The van der Waals surface area contributed by atoms with Crippen LogP contribution in [-0.2, 0) is 23.9 Å². The fourth-order valence-corrected chi connectivity index (χ4v) is 3.42. The molecular weight excluding hydrogens is 451 g/mol. The molecule has 1 heterocycles.